The Hall–Kier alpha value is -3.11. The highest BCUT2D eigenvalue weighted by Gasteiger charge is 2.31. The first-order valence-electron chi connectivity index (χ1n) is 10.8. The summed E-state index contributed by atoms with van der Waals surface area (Å²) in [4.78, 5) is 49.0. The number of aromatic hydroxyl groups is 1. The SMILES string of the molecule is CCCCn1c(O)c(C(=N)N)c(=O)n(C2CCC(C[C@H]3CC(=O)NC(=O)N3)CC2)c1=O. The maximum atomic E-state index is 13.0. The minimum absolute atomic E-state index is 0.213. The molecule has 1 aromatic rings. The number of aromatic nitrogens is 2. The van der Waals surface area contributed by atoms with Gasteiger partial charge in [0.2, 0.25) is 11.8 Å². The number of carbonyl (C=O) groups excluding carboxylic acids is 2. The van der Waals surface area contributed by atoms with E-state index in [2.05, 4.69) is 10.6 Å². The van der Waals surface area contributed by atoms with Crippen molar-refractivity contribution >= 4 is 17.8 Å². The van der Waals surface area contributed by atoms with Crippen LogP contribution in [0, 0.1) is 11.3 Å². The largest absolute Gasteiger partial charge is 0.494 e. The lowest BCUT2D eigenvalue weighted by molar-refractivity contribution is -0.121. The number of carbonyl (C=O) groups is 2. The summed E-state index contributed by atoms with van der Waals surface area (Å²) in [5.41, 5.74) is 3.88. The second-order valence-corrected chi connectivity index (χ2v) is 8.41. The van der Waals surface area contributed by atoms with Crippen LogP contribution in [0.5, 0.6) is 5.88 Å². The molecule has 1 aliphatic carbocycles. The zero-order chi connectivity index (χ0) is 22.7. The lowest BCUT2D eigenvalue weighted by atomic mass is 9.81. The third-order valence-electron chi connectivity index (χ3n) is 6.17. The van der Waals surface area contributed by atoms with Gasteiger partial charge in [-0.25, -0.2) is 9.59 Å². The maximum Gasteiger partial charge on any atom is 0.334 e. The summed E-state index contributed by atoms with van der Waals surface area (Å²) >= 11 is 0. The Morgan fingerprint density at radius 2 is 1.87 bits per heavy atom. The van der Waals surface area contributed by atoms with Gasteiger partial charge in [0.1, 0.15) is 11.4 Å². The first kappa shape index (κ1) is 22.6. The Labute approximate surface area is 179 Å². The van der Waals surface area contributed by atoms with Crippen LogP contribution in [0.15, 0.2) is 9.59 Å². The van der Waals surface area contributed by atoms with E-state index in [4.69, 9.17) is 11.1 Å². The van der Waals surface area contributed by atoms with Crippen molar-refractivity contribution in [2.75, 3.05) is 0 Å². The van der Waals surface area contributed by atoms with Gasteiger partial charge in [-0.2, -0.15) is 0 Å². The summed E-state index contributed by atoms with van der Waals surface area (Å²) < 4.78 is 2.27. The smallest absolute Gasteiger partial charge is 0.334 e. The molecule has 11 heteroatoms. The van der Waals surface area contributed by atoms with Crippen molar-refractivity contribution in [3.05, 3.63) is 26.4 Å². The van der Waals surface area contributed by atoms with Gasteiger partial charge >= 0.3 is 11.7 Å². The van der Waals surface area contributed by atoms with E-state index in [1.54, 1.807) is 0 Å². The van der Waals surface area contributed by atoms with Gasteiger partial charge < -0.3 is 16.2 Å². The van der Waals surface area contributed by atoms with E-state index in [1.807, 2.05) is 6.92 Å². The Morgan fingerprint density at radius 1 is 1.19 bits per heavy atom. The lowest BCUT2D eigenvalue weighted by Crippen LogP contribution is -2.52. The van der Waals surface area contributed by atoms with Gasteiger partial charge in [0.05, 0.1) is 0 Å². The molecule has 2 heterocycles. The first-order chi connectivity index (χ1) is 14.7. The van der Waals surface area contributed by atoms with E-state index in [0.29, 0.717) is 25.7 Å². The number of amides is 3. The number of nitrogens with two attached hydrogens (primary N) is 1. The minimum atomic E-state index is -0.734. The predicted molar refractivity (Wildman–Crippen MR) is 113 cm³/mol. The van der Waals surface area contributed by atoms with Crippen LogP contribution >= 0.6 is 0 Å². The van der Waals surface area contributed by atoms with Gasteiger partial charge in [-0.15, -0.1) is 0 Å². The second-order valence-electron chi connectivity index (χ2n) is 8.41. The Bertz CT molecular complexity index is 973. The summed E-state index contributed by atoms with van der Waals surface area (Å²) in [6.45, 7) is 2.18. The van der Waals surface area contributed by atoms with Gasteiger partial charge in [0.15, 0.2) is 0 Å². The van der Waals surface area contributed by atoms with Crippen LogP contribution in [0.1, 0.15) is 69.9 Å². The molecule has 2 aliphatic rings. The highest BCUT2D eigenvalue weighted by atomic mass is 16.3. The molecule has 3 amide bonds. The molecule has 2 fully saturated rings. The summed E-state index contributed by atoms with van der Waals surface area (Å²) in [6, 6.07) is -1.04. The molecule has 0 bridgehead atoms. The Morgan fingerprint density at radius 3 is 2.45 bits per heavy atom. The summed E-state index contributed by atoms with van der Waals surface area (Å²) in [7, 11) is 0. The topological polar surface area (TPSA) is 172 Å². The van der Waals surface area contributed by atoms with E-state index in [-0.39, 0.29) is 42.4 Å². The number of hydrogen-bond donors (Lipinski definition) is 5. The van der Waals surface area contributed by atoms with Crippen molar-refractivity contribution in [2.45, 2.75) is 76.9 Å². The van der Waals surface area contributed by atoms with E-state index in [9.17, 15) is 24.3 Å². The molecular formula is C20H30N6O5. The molecule has 31 heavy (non-hydrogen) atoms. The van der Waals surface area contributed by atoms with Crippen LogP contribution in [0.3, 0.4) is 0 Å². The summed E-state index contributed by atoms with van der Waals surface area (Å²) in [5, 5.41) is 23.1. The number of amidine groups is 1. The molecule has 6 N–H and O–H groups in total. The molecule has 0 radical (unpaired) electrons. The van der Waals surface area contributed by atoms with Crippen LogP contribution in [-0.4, -0.2) is 38.1 Å². The Balaban J connectivity index is 1.79. The fourth-order valence-corrected chi connectivity index (χ4v) is 4.59. The number of rotatable bonds is 7. The van der Waals surface area contributed by atoms with Crippen molar-refractivity contribution in [1.82, 2.24) is 19.8 Å². The van der Waals surface area contributed by atoms with Crippen LogP contribution in [0.25, 0.3) is 0 Å². The van der Waals surface area contributed by atoms with E-state index in [1.165, 1.54) is 0 Å². The summed E-state index contributed by atoms with van der Waals surface area (Å²) in [6.07, 6.45) is 4.94. The molecule has 1 atom stereocenters. The number of unbranched alkanes of at least 4 members (excludes halogenated alkanes) is 1. The van der Waals surface area contributed by atoms with Crippen molar-refractivity contribution in [3.8, 4) is 5.88 Å². The molecule has 1 aliphatic heterocycles. The van der Waals surface area contributed by atoms with Gasteiger partial charge in [-0.3, -0.25) is 29.4 Å². The molecule has 11 nitrogen and oxygen atoms in total. The van der Waals surface area contributed by atoms with E-state index >= 15 is 0 Å². The number of urea groups is 1. The predicted octanol–water partition coefficient (Wildman–Crippen LogP) is 0.519. The molecule has 3 rings (SSSR count). The van der Waals surface area contributed by atoms with Crippen LogP contribution in [0.2, 0.25) is 0 Å². The van der Waals surface area contributed by atoms with Crippen molar-refractivity contribution in [2.24, 2.45) is 11.7 Å². The van der Waals surface area contributed by atoms with E-state index < -0.39 is 29.0 Å². The number of nitrogens with one attached hydrogen (secondary N) is 3. The first-order valence-corrected chi connectivity index (χ1v) is 10.8. The highest BCUT2D eigenvalue weighted by molar-refractivity contribution is 5.97. The molecule has 170 valence electrons. The fourth-order valence-electron chi connectivity index (χ4n) is 4.59. The van der Waals surface area contributed by atoms with Gasteiger partial charge in [0, 0.05) is 25.0 Å². The third-order valence-corrected chi connectivity index (χ3v) is 6.17. The number of nitrogen functional groups attached to an aromatic ring is 1. The molecule has 0 unspecified atom stereocenters. The lowest BCUT2D eigenvalue weighted by Gasteiger charge is -2.33. The zero-order valence-corrected chi connectivity index (χ0v) is 17.6. The third kappa shape index (κ3) is 4.80. The van der Waals surface area contributed by atoms with Crippen molar-refractivity contribution in [3.63, 3.8) is 0 Å². The monoisotopic (exact) mass is 434 g/mol. The number of hydrogen-bond acceptors (Lipinski definition) is 6. The van der Waals surface area contributed by atoms with Crippen molar-refractivity contribution < 1.29 is 14.7 Å². The highest BCUT2D eigenvalue weighted by Crippen LogP contribution is 2.34. The van der Waals surface area contributed by atoms with Gasteiger partial charge in [0.25, 0.3) is 5.56 Å². The molecular weight excluding hydrogens is 404 g/mol. The minimum Gasteiger partial charge on any atom is -0.494 e. The van der Waals surface area contributed by atoms with E-state index in [0.717, 1.165) is 28.4 Å². The second kappa shape index (κ2) is 9.36. The van der Waals surface area contributed by atoms with Crippen molar-refractivity contribution in [1.29, 1.82) is 5.41 Å². The average Bonchev–Trinajstić information content (AvgIpc) is 2.68. The summed E-state index contributed by atoms with van der Waals surface area (Å²) in [5.74, 6) is -1.15. The average molecular weight is 434 g/mol. The maximum absolute atomic E-state index is 13.0. The standard InChI is InChI=1S/C20H30N6O5/c1-2-3-8-25-17(28)15(16(21)22)18(29)26(20(25)31)13-6-4-11(5-7-13)9-12-10-14(27)24-19(30)23-12/h11-13,28H,2-10H2,1H3,(H3,21,22)(H2,23,24,27,30)/t11?,12-,13?/m0/s1. The Kier molecular flexibility index (Phi) is 6.81. The normalized spacial score (nSPS) is 23.8. The zero-order valence-electron chi connectivity index (χ0n) is 17.6. The number of imide groups is 1. The fraction of sp³-hybridized carbons (Fsp3) is 0.650. The molecule has 1 saturated heterocycles. The number of nitrogens with zero attached hydrogens (tertiary/aromatic N) is 2. The van der Waals surface area contributed by atoms with Gasteiger partial charge in [-0.05, 0) is 44.4 Å². The van der Waals surface area contributed by atoms with Crippen LogP contribution < -0.4 is 27.6 Å². The molecule has 0 aromatic carbocycles. The van der Waals surface area contributed by atoms with Crippen LogP contribution in [0.4, 0.5) is 4.79 Å². The molecule has 1 saturated carbocycles. The quantitative estimate of drug-likeness (QED) is 0.309. The van der Waals surface area contributed by atoms with Crippen LogP contribution in [-0.2, 0) is 11.3 Å². The van der Waals surface area contributed by atoms with Gasteiger partial charge in [-0.1, -0.05) is 13.3 Å². The molecule has 1 aromatic heterocycles. The molecule has 0 spiro atoms.